The Bertz CT molecular complexity index is 842. The molecule has 0 bridgehead atoms. The molecule has 3 rings (SSSR count). The van der Waals surface area contributed by atoms with Crippen molar-refractivity contribution >= 4 is 22.4 Å². The molecule has 0 aliphatic rings. The van der Waals surface area contributed by atoms with Crippen LogP contribution in [0.2, 0.25) is 0 Å². The van der Waals surface area contributed by atoms with E-state index < -0.39 is 11.9 Å². The number of halogens is 1. The number of amides is 1. The molecule has 3 aromatic carbocycles. The second-order valence-corrected chi connectivity index (χ2v) is 5.21. The maximum atomic E-state index is 13.6. The number of hydrogen-bond acceptors (Lipinski definition) is 2. The number of nitrogens with one attached hydrogen (secondary N) is 1. The summed E-state index contributed by atoms with van der Waals surface area (Å²) in [7, 11) is 0. The minimum absolute atomic E-state index is 0.0630. The van der Waals surface area contributed by atoms with Crippen molar-refractivity contribution in [3.05, 3.63) is 72.5 Å². The molecule has 1 N–H and O–H groups in total. The molecular formula is C19H16FNO2. The average molecular weight is 309 g/mol. The molecule has 0 fully saturated rings. The Kier molecular flexibility index (Phi) is 4.24. The van der Waals surface area contributed by atoms with Crippen molar-refractivity contribution in [1.82, 2.24) is 0 Å². The van der Waals surface area contributed by atoms with Gasteiger partial charge in [-0.15, -0.1) is 0 Å². The Morgan fingerprint density at radius 2 is 1.70 bits per heavy atom. The molecule has 116 valence electrons. The summed E-state index contributed by atoms with van der Waals surface area (Å²) in [6.07, 6.45) is -0.814. The maximum absolute atomic E-state index is 13.6. The summed E-state index contributed by atoms with van der Waals surface area (Å²) >= 11 is 0. The Balaban J connectivity index is 1.77. The van der Waals surface area contributed by atoms with Crippen molar-refractivity contribution in [1.29, 1.82) is 0 Å². The smallest absolute Gasteiger partial charge is 0.265 e. The van der Waals surface area contributed by atoms with Crippen molar-refractivity contribution in [2.75, 3.05) is 5.32 Å². The lowest BCUT2D eigenvalue weighted by Crippen LogP contribution is -2.30. The van der Waals surface area contributed by atoms with Gasteiger partial charge in [-0.25, -0.2) is 4.39 Å². The highest BCUT2D eigenvalue weighted by molar-refractivity contribution is 6.03. The van der Waals surface area contributed by atoms with E-state index in [4.69, 9.17) is 4.74 Å². The summed E-state index contributed by atoms with van der Waals surface area (Å²) in [6, 6.07) is 19.5. The van der Waals surface area contributed by atoms with Gasteiger partial charge in [-0.1, -0.05) is 48.5 Å². The van der Waals surface area contributed by atoms with Gasteiger partial charge in [-0.05, 0) is 30.5 Å². The van der Waals surface area contributed by atoms with Crippen LogP contribution < -0.4 is 10.1 Å². The average Bonchev–Trinajstić information content (AvgIpc) is 2.57. The Morgan fingerprint density at radius 1 is 1.00 bits per heavy atom. The van der Waals surface area contributed by atoms with Gasteiger partial charge in [0, 0.05) is 11.1 Å². The van der Waals surface area contributed by atoms with E-state index in [9.17, 15) is 9.18 Å². The second kappa shape index (κ2) is 6.48. The predicted octanol–water partition coefficient (Wildman–Crippen LogP) is 4.38. The van der Waals surface area contributed by atoms with Crippen molar-refractivity contribution in [2.45, 2.75) is 13.0 Å². The zero-order chi connectivity index (χ0) is 16.2. The number of para-hydroxylation sites is 1. The van der Waals surface area contributed by atoms with Crippen LogP contribution in [-0.2, 0) is 4.79 Å². The topological polar surface area (TPSA) is 38.3 Å². The van der Waals surface area contributed by atoms with Crippen molar-refractivity contribution in [3.63, 3.8) is 0 Å². The highest BCUT2D eigenvalue weighted by Gasteiger charge is 2.17. The van der Waals surface area contributed by atoms with Crippen LogP contribution in [0.15, 0.2) is 66.7 Å². The van der Waals surface area contributed by atoms with E-state index in [1.165, 1.54) is 12.1 Å². The van der Waals surface area contributed by atoms with Crippen LogP contribution in [0.1, 0.15) is 6.92 Å². The molecule has 0 spiro atoms. The normalized spacial score (nSPS) is 11.9. The number of fused-ring (bicyclic) bond motifs is 1. The van der Waals surface area contributed by atoms with E-state index in [0.29, 0.717) is 5.69 Å². The van der Waals surface area contributed by atoms with E-state index in [-0.39, 0.29) is 11.7 Å². The minimum Gasteiger partial charge on any atom is -0.478 e. The number of carbonyl (C=O) groups is 1. The molecule has 0 saturated carbocycles. The van der Waals surface area contributed by atoms with Crippen LogP contribution in [0.5, 0.6) is 5.75 Å². The zero-order valence-electron chi connectivity index (χ0n) is 12.6. The third kappa shape index (κ3) is 3.31. The molecular weight excluding hydrogens is 293 g/mol. The summed E-state index contributed by atoms with van der Waals surface area (Å²) < 4.78 is 19.0. The molecule has 0 heterocycles. The maximum Gasteiger partial charge on any atom is 0.265 e. The van der Waals surface area contributed by atoms with Gasteiger partial charge in [0.2, 0.25) is 0 Å². The van der Waals surface area contributed by atoms with E-state index in [1.807, 2.05) is 42.5 Å². The summed E-state index contributed by atoms with van der Waals surface area (Å²) in [5, 5.41) is 4.82. The molecule has 23 heavy (non-hydrogen) atoms. The van der Waals surface area contributed by atoms with Gasteiger partial charge in [0.05, 0.1) is 0 Å². The van der Waals surface area contributed by atoms with Crippen molar-refractivity contribution < 1.29 is 13.9 Å². The number of anilines is 1. The van der Waals surface area contributed by atoms with E-state index in [0.717, 1.165) is 10.8 Å². The molecule has 3 nitrogen and oxygen atoms in total. The molecule has 0 radical (unpaired) electrons. The predicted molar refractivity (Wildman–Crippen MR) is 89.1 cm³/mol. The molecule has 0 aliphatic carbocycles. The van der Waals surface area contributed by atoms with E-state index >= 15 is 0 Å². The standard InChI is InChI=1S/C19H16FNO2/c1-13(23-18-12-5-4-10-16(18)20)19(22)21-17-11-6-8-14-7-2-3-9-15(14)17/h2-13H,1H3,(H,21,22)/t13-/m0/s1. The first kappa shape index (κ1) is 15.0. The van der Waals surface area contributed by atoms with Crippen LogP contribution in [-0.4, -0.2) is 12.0 Å². The fraction of sp³-hybridized carbons (Fsp3) is 0.105. The third-order valence-electron chi connectivity index (χ3n) is 3.56. The largest absolute Gasteiger partial charge is 0.478 e. The fourth-order valence-corrected chi connectivity index (χ4v) is 2.35. The number of ether oxygens (including phenoxy) is 1. The molecule has 0 aromatic heterocycles. The first-order valence-electron chi connectivity index (χ1n) is 7.35. The summed E-state index contributed by atoms with van der Waals surface area (Å²) in [5.41, 5.74) is 0.706. The van der Waals surface area contributed by atoms with Gasteiger partial charge in [0.1, 0.15) is 0 Å². The number of hydrogen-bond donors (Lipinski definition) is 1. The molecule has 4 heteroatoms. The molecule has 0 saturated heterocycles. The van der Waals surface area contributed by atoms with Crippen LogP contribution in [0.4, 0.5) is 10.1 Å². The molecule has 3 aromatic rings. The molecule has 0 unspecified atom stereocenters. The number of carbonyl (C=O) groups excluding carboxylic acids is 1. The first-order valence-corrected chi connectivity index (χ1v) is 7.35. The quantitative estimate of drug-likeness (QED) is 0.776. The van der Waals surface area contributed by atoms with Gasteiger partial charge < -0.3 is 10.1 Å². The monoisotopic (exact) mass is 309 g/mol. The van der Waals surface area contributed by atoms with Gasteiger partial charge in [0.15, 0.2) is 17.7 Å². The first-order chi connectivity index (χ1) is 11.1. The number of rotatable bonds is 4. The lowest BCUT2D eigenvalue weighted by atomic mass is 10.1. The second-order valence-electron chi connectivity index (χ2n) is 5.21. The fourth-order valence-electron chi connectivity index (χ4n) is 2.35. The lowest BCUT2D eigenvalue weighted by Gasteiger charge is -2.16. The van der Waals surface area contributed by atoms with Crippen molar-refractivity contribution in [2.24, 2.45) is 0 Å². The Labute approximate surface area is 133 Å². The SMILES string of the molecule is C[C@H](Oc1ccccc1F)C(=O)Nc1cccc2ccccc12. The molecule has 1 atom stereocenters. The Morgan fingerprint density at radius 3 is 2.52 bits per heavy atom. The van der Waals surface area contributed by atoms with E-state index in [1.54, 1.807) is 19.1 Å². The van der Waals surface area contributed by atoms with E-state index in [2.05, 4.69) is 5.32 Å². The Hall–Kier alpha value is -2.88. The zero-order valence-corrected chi connectivity index (χ0v) is 12.6. The van der Waals surface area contributed by atoms with Gasteiger partial charge in [0.25, 0.3) is 5.91 Å². The number of benzene rings is 3. The van der Waals surface area contributed by atoms with Crippen LogP contribution in [0.25, 0.3) is 10.8 Å². The third-order valence-corrected chi connectivity index (χ3v) is 3.56. The van der Waals surface area contributed by atoms with Crippen LogP contribution in [0.3, 0.4) is 0 Å². The molecule has 0 aliphatic heterocycles. The van der Waals surface area contributed by atoms with Crippen molar-refractivity contribution in [3.8, 4) is 5.75 Å². The van der Waals surface area contributed by atoms with Gasteiger partial charge in [-0.3, -0.25) is 4.79 Å². The highest BCUT2D eigenvalue weighted by atomic mass is 19.1. The van der Waals surface area contributed by atoms with Gasteiger partial charge >= 0.3 is 0 Å². The minimum atomic E-state index is -0.814. The summed E-state index contributed by atoms with van der Waals surface area (Å²) in [4.78, 5) is 12.3. The van der Waals surface area contributed by atoms with Crippen LogP contribution >= 0.6 is 0 Å². The lowest BCUT2D eigenvalue weighted by molar-refractivity contribution is -0.122. The summed E-state index contributed by atoms with van der Waals surface area (Å²) in [6.45, 7) is 1.59. The highest BCUT2D eigenvalue weighted by Crippen LogP contribution is 2.23. The van der Waals surface area contributed by atoms with Crippen LogP contribution in [0, 0.1) is 5.82 Å². The summed E-state index contributed by atoms with van der Waals surface area (Å²) in [5.74, 6) is -0.755. The van der Waals surface area contributed by atoms with Gasteiger partial charge in [-0.2, -0.15) is 0 Å². The molecule has 1 amide bonds.